The van der Waals surface area contributed by atoms with E-state index >= 15 is 0 Å². The van der Waals surface area contributed by atoms with Gasteiger partial charge < -0.3 is 5.32 Å². The van der Waals surface area contributed by atoms with Gasteiger partial charge in [-0.3, -0.25) is 4.98 Å². The second-order valence-electron chi connectivity index (χ2n) is 4.88. The summed E-state index contributed by atoms with van der Waals surface area (Å²) >= 11 is 0. The molecule has 0 saturated carbocycles. The van der Waals surface area contributed by atoms with Crippen molar-refractivity contribution in [3.8, 4) is 11.1 Å². The van der Waals surface area contributed by atoms with Gasteiger partial charge in [-0.1, -0.05) is 25.1 Å². The fourth-order valence-corrected chi connectivity index (χ4v) is 2.96. The molecule has 0 fully saturated rings. The van der Waals surface area contributed by atoms with Gasteiger partial charge in [-0.15, -0.1) is 0 Å². The van der Waals surface area contributed by atoms with Crippen LogP contribution in [0.1, 0.15) is 30.5 Å². The third-order valence-corrected chi connectivity index (χ3v) is 3.78. The summed E-state index contributed by atoms with van der Waals surface area (Å²) in [5.74, 6) is -0.247. The van der Waals surface area contributed by atoms with Crippen molar-refractivity contribution in [2.24, 2.45) is 0 Å². The number of nitrogens with one attached hydrogen (secondary N) is 1. The van der Waals surface area contributed by atoms with Gasteiger partial charge in [0.05, 0.1) is 6.20 Å². The molecule has 3 heteroatoms. The first-order valence-corrected chi connectivity index (χ1v) is 6.76. The van der Waals surface area contributed by atoms with Crippen molar-refractivity contribution in [1.29, 1.82) is 0 Å². The number of hydrogen-bond donors (Lipinski definition) is 1. The Hall–Kier alpha value is -1.74. The van der Waals surface area contributed by atoms with Crippen molar-refractivity contribution in [1.82, 2.24) is 10.3 Å². The molecule has 1 unspecified atom stereocenters. The van der Waals surface area contributed by atoms with Crippen molar-refractivity contribution in [2.45, 2.75) is 25.8 Å². The van der Waals surface area contributed by atoms with Crippen LogP contribution >= 0.6 is 0 Å². The molecule has 1 aromatic carbocycles. The lowest BCUT2D eigenvalue weighted by Gasteiger charge is -2.14. The molecule has 0 bridgehead atoms. The summed E-state index contributed by atoms with van der Waals surface area (Å²) in [6, 6.07) is 8.34. The molecule has 0 aliphatic heterocycles. The van der Waals surface area contributed by atoms with Crippen molar-refractivity contribution < 1.29 is 4.39 Å². The predicted octanol–water partition coefficient (Wildman–Crippen LogP) is 3.48. The van der Waals surface area contributed by atoms with Crippen LogP contribution in [-0.4, -0.2) is 11.5 Å². The molecule has 1 heterocycles. The van der Waals surface area contributed by atoms with E-state index in [0.29, 0.717) is 11.6 Å². The van der Waals surface area contributed by atoms with Crippen LogP contribution in [0.5, 0.6) is 0 Å². The topological polar surface area (TPSA) is 24.9 Å². The Morgan fingerprint density at radius 1 is 1.32 bits per heavy atom. The van der Waals surface area contributed by atoms with Gasteiger partial charge in [0.25, 0.3) is 0 Å². The summed E-state index contributed by atoms with van der Waals surface area (Å²) in [4.78, 5) is 3.82. The number of aromatic nitrogens is 1. The average Bonchev–Trinajstić information content (AvgIpc) is 2.83. The average molecular weight is 256 g/mol. The van der Waals surface area contributed by atoms with Crippen LogP contribution < -0.4 is 5.32 Å². The number of benzene rings is 1. The molecule has 1 aliphatic rings. The van der Waals surface area contributed by atoms with Crippen molar-refractivity contribution in [3.63, 3.8) is 0 Å². The summed E-state index contributed by atoms with van der Waals surface area (Å²) in [5.41, 5.74) is 4.26. The minimum Gasteiger partial charge on any atom is -0.310 e. The number of rotatable bonds is 3. The van der Waals surface area contributed by atoms with Crippen molar-refractivity contribution in [3.05, 3.63) is 53.6 Å². The first-order chi connectivity index (χ1) is 9.31. The predicted molar refractivity (Wildman–Crippen MR) is 74.4 cm³/mol. The van der Waals surface area contributed by atoms with Gasteiger partial charge in [0.1, 0.15) is 5.82 Å². The summed E-state index contributed by atoms with van der Waals surface area (Å²) in [5, 5.41) is 3.49. The number of nitrogens with zero attached hydrogens (tertiary/aromatic N) is 1. The number of halogens is 1. The van der Waals surface area contributed by atoms with Gasteiger partial charge in [-0.05, 0) is 42.1 Å². The Balaban J connectivity index is 2.08. The van der Waals surface area contributed by atoms with E-state index in [1.54, 1.807) is 12.3 Å². The molecule has 1 aliphatic carbocycles. The lowest BCUT2D eigenvalue weighted by molar-refractivity contribution is 0.549. The van der Waals surface area contributed by atoms with Gasteiger partial charge in [0, 0.05) is 17.8 Å². The minimum atomic E-state index is -0.247. The Morgan fingerprint density at radius 2 is 2.21 bits per heavy atom. The zero-order valence-electron chi connectivity index (χ0n) is 11.0. The number of hydrogen-bond acceptors (Lipinski definition) is 2. The molecule has 0 spiro atoms. The van der Waals surface area contributed by atoms with Gasteiger partial charge in [-0.25, -0.2) is 4.39 Å². The zero-order valence-corrected chi connectivity index (χ0v) is 11.0. The van der Waals surface area contributed by atoms with E-state index in [2.05, 4.69) is 23.3 Å². The van der Waals surface area contributed by atoms with Crippen LogP contribution in [0.25, 0.3) is 11.1 Å². The highest BCUT2D eigenvalue weighted by Gasteiger charge is 2.24. The van der Waals surface area contributed by atoms with Crippen LogP contribution in [0.4, 0.5) is 4.39 Å². The van der Waals surface area contributed by atoms with E-state index in [4.69, 9.17) is 0 Å². The standard InChI is InChI=1S/C16H17FN2/c1-2-19-16-7-6-12-11(4-3-5-14(12)16)13-8-9-18-10-15(13)17/h3-5,8-10,16,19H,2,6-7H2,1H3. The van der Waals surface area contributed by atoms with Crippen LogP contribution in [0.15, 0.2) is 36.7 Å². The summed E-state index contributed by atoms with van der Waals surface area (Å²) in [6.07, 6.45) is 5.03. The first kappa shape index (κ1) is 12.3. The van der Waals surface area contributed by atoms with Crippen LogP contribution in [-0.2, 0) is 6.42 Å². The molecule has 0 amide bonds. The molecule has 1 atom stereocenters. The SMILES string of the molecule is CCNC1CCc2c(-c3ccncc3F)cccc21. The summed E-state index contributed by atoms with van der Waals surface area (Å²) in [7, 11) is 0. The molecule has 98 valence electrons. The Bertz CT molecular complexity index is 595. The Labute approximate surface area is 112 Å². The van der Waals surface area contributed by atoms with E-state index in [9.17, 15) is 4.39 Å². The summed E-state index contributed by atoms with van der Waals surface area (Å²) < 4.78 is 13.9. The molecule has 2 nitrogen and oxygen atoms in total. The quantitative estimate of drug-likeness (QED) is 0.909. The molecule has 3 rings (SSSR count). The maximum Gasteiger partial charge on any atom is 0.149 e. The van der Waals surface area contributed by atoms with Gasteiger partial charge in [0.2, 0.25) is 0 Å². The molecule has 0 radical (unpaired) electrons. The molecular weight excluding hydrogens is 239 g/mol. The maximum absolute atomic E-state index is 13.9. The lowest BCUT2D eigenvalue weighted by atomic mass is 9.97. The third kappa shape index (κ3) is 2.15. The summed E-state index contributed by atoms with van der Waals surface area (Å²) in [6.45, 7) is 3.07. The highest BCUT2D eigenvalue weighted by molar-refractivity contribution is 5.70. The van der Waals surface area contributed by atoms with Crippen LogP contribution in [0.2, 0.25) is 0 Å². The van der Waals surface area contributed by atoms with Gasteiger partial charge in [0.15, 0.2) is 0 Å². The lowest BCUT2D eigenvalue weighted by Crippen LogP contribution is -2.18. The second-order valence-corrected chi connectivity index (χ2v) is 4.88. The molecule has 19 heavy (non-hydrogen) atoms. The fraction of sp³-hybridized carbons (Fsp3) is 0.312. The third-order valence-electron chi connectivity index (χ3n) is 3.78. The Kier molecular flexibility index (Phi) is 3.30. The smallest absolute Gasteiger partial charge is 0.149 e. The minimum absolute atomic E-state index is 0.247. The Morgan fingerprint density at radius 3 is 3.00 bits per heavy atom. The highest BCUT2D eigenvalue weighted by atomic mass is 19.1. The molecule has 1 aromatic heterocycles. The second kappa shape index (κ2) is 5.10. The number of fused-ring (bicyclic) bond motifs is 1. The van der Waals surface area contributed by atoms with E-state index < -0.39 is 0 Å². The van der Waals surface area contributed by atoms with E-state index in [-0.39, 0.29) is 5.82 Å². The normalized spacial score (nSPS) is 17.5. The van der Waals surface area contributed by atoms with E-state index in [0.717, 1.165) is 24.9 Å². The monoisotopic (exact) mass is 256 g/mol. The highest BCUT2D eigenvalue weighted by Crippen LogP contribution is 2.38. The van der Waals surface area contributed by atoms with Crippen LogP contribution in [0, 0.1) is 5.82 Å². The molecule has 2 aromatic rings. The van der Waals surface area contributed by atoms with E-state index in [1.165, 1.54) is 17.3 Å². The van der Waals surface area contributed by atoms with Crippen LogP contribution in [0.3, 0.4) is 0 Å². The maximum atomic E-state index is 13.9. The molecule has 1 N–H and O–H groups in total. The van der Waals surface area contributed by atoms with Gasteiger partial charge >= 0.3 is 0 Å². The first-order valence-electron chi connectivity index (χ1n) is 6.76. The van der Waals surface area contributed by atoms with Crippen molar-refractivity contribution >= 4 is 0 Å². The fourth-order valence-electron chi connectivity index (χ4n) is 2.96. The zero-order chi connectivity index (χ0) is 13.2. The van der Waals surface area contributed by atoms with Gasteiger partial charge in [-0.2, -0.15) is 0 Å². The van der Waals surface area contributed by atoms with E-state index in [1.807, 2.05) is 12.1 Å². The molecule has 0 saturated heterocycles. The van der Waals surface area contributed by atoms with Crippen molar-refractivity contribution in [2.75, 3.05) is 6.54 Å². The largest absolute Gasteiger partial charge is 0.310 e. The number of pyridine rings is 1. The molecular formula is C16H17FN2.